The molecular weight excluding hydrogens is 400 g/mol. The van der Waals surface area contributed by atoms with Crippen LogP contribution in [-0.2, 0) is 27.1 Å². The van der Waals surface area contributed by atoms with E-state index in [9.17, 15) is 10.2 Å². The summed E-state index contributed by atoms with van der Waals surface area (Å²) in [6, 6.07) is 10.8. The van der Waals surface area contributed by atoms with Crippen molar-refractivity contribution in [1.29, 1.82) is 0 Å². The molecule has 172 valence electrons. The molecule has 0 fully saturated rings. The normalized spacial score (nSPS) is 10.9. The van der Waals surface area contributed by atoms with Gasteiger partial charge in [0.25, 0.3) is 0 Å². The summed E-state index contributed by atoms with van der Waals surface area (Å²) in [7, 11) is 3.09. The van der Waals surface area contributed by atoms with Gasteiger partial charge in [-0.3, -0.25) is 0 Å². The van der Waals surface area contributed by atoms with Gasteiger partial charge >= 0.3 is 0 Å². The van der Waals surface area contributed by atoms with Crippen LogP contribution in [0.15, 0.2) is 36.4 Å². The number of hydrogen-bond acceptors (Lipinski definition) is 7. The van der Waals surface area contributed by atoms with Crippen molar-refractivity contribution in [2.24, 2.45) is 0 Å². The van der Waals surface area contributed by atoms with Crippen molar-refractivity contribution in [1.82, 2.24) is 0 Å². The third-order valence-corrected chi connectivity index (χ3v) is 4.74. The monoisotopic (exact) mass is 434 g/mol. The van der Waals surface area contributed by atoms with Crippen LogP contribution in [0.2, 0.25) is 0 Å². The van der Waals surface area contributed by atoms with Gasteiger partial charge in [-0.1, -0.05) is 12.1 Å². The quantitative estimate of drug-likeness (QED) is 0.389. The molecule has 7 nitrogen and oxygen atoms in total. The first-order chi connectivity index (χ1) is 15.1. The second-order valence-corrected chi connectivity index (χ2v) is 7.06. The van der Waals surface area contributed by atoms with Crippen LogP contribution in [0.25, 0.3) is 0 Å². The summed E-state index contributed by atoms with van der Waals surface area (Å²) in [6.45, 7) is 3.52. The first-order valence-electron chi connectivity index (χ1n) is 10.6. The van der Waals surface area contributed by atoms with Crippen LogP contribution in [-0.4, -0.2) is 64.1 Å². The van der Waals surface area contributed by atoms with Crippen molar-refractivity contribution in [3.05, 3.63) is 47.5 Å². The first kappa shape index (κ1) is 24.8. The van der Waals surface area contributed by atoms with Gasteiger partial charge in [0, 0.05) is 13.2 Å². The van der Waals surface area contributed by atoms with Gasteiger partial charge in [-0.25, -0.2) is 0 Å². The molecule has 0 bridgehead atoms. The summed E-state index contributed by atoms with van der Waals surface area (Å²) >= 11 is 0. The number of methoxy groups -OCH3 is 2. The third-order valence-electron chi connectivity index (χ3n) is 4.74. The number of phenols is 2. The second kappa shape index (κ2) is 14.5. The minimum Gasteiger partial charge on any atom is -0.504 e. The van der Waals surface area contributed by atoms with Crippen molar-refractivity contribution in [3.8, 4) is 23.0 Å². The van der Waals surface area contributed by atoms with Crippen LogP contribution in [0.5, 0.6) is 23.0 Å². The van der Waals surface area contributed by atoms with Crippen molar-refractivity contribution < 1.29 is 33.9 Å². The molecule has 0 unspecified atom stereocenters. The van der Waals surface area contributed by atoms with E-state index in [1.807, 2.05) is 24.3 Å². The van der Waals surface area contributed by atoms with Gasteiger partial charge in [0.15, 0.2) is 23.0 Å². The lowest BCUT2D eigenvalue weighted by molar-refractivity contribution is 0.0138. The predicted octanol–water partition coefficient (Wildman–Crippen LogP) is 3.73. The Morgan fingerprint density at radius 1 is 0.581 bits per heavy atom. The molecule has 2 rings (SSSR count). The molecule has 0 atom stereocenters. The lowest BCUT2D eigenvalue weighted by Crippen LogP contribution is -2.10. The average Bonchev–Trinajstić information content (AvgIpc) is 2.78. The van der Waals surface area contributed by atoms with E-state index in [2.05, 4.69) is 0 Å². The number of hydrogen-bond donors (Lipinski definition) is 2. The molecule has 0 aliphatic heterocycles. The Balaban J connectivity index is 1.40. The van der Waals surface area contributed by atoms with E-state index in [4.69, 9.17) is 23.7 Å². The highest BCUT2D eigenvalue weighted by atomic mass is 16.5. The molecule has 0 spiro atoms. The SMILES string of the molecule is COc1cc(CCCOCCOCCOCCCc2ccc(O)c(OC)c2)ccc1O. The fourth-order valence-corrected chi connectivity index (χ4v) is 3.05. The highest BCUT2D eigenvalue weighted by molar-refractivity contribution is 5.42. The largest absolute Gasteiger partial charge is 0.504 e. The van der Waals surface area contributed by atoms with Gasteiger partial charge in [0.05, 0.1) is 40.6 Å². The molecule has 0 heterocycles. The fourth-order valence-electron chi connectivity index (χ4n) is 3.05. The molecular formula is C24H34O7. The van der Waals surface area contributed by atoms with E-state index < -0.39 is 0 Å². The number of rotatable bonds is 16. The van der Waals surface area contributed by atoms with Crippen molar-refractivity contribution >= 4 is 0 Å². The number of aryl methyl sites for hydroxylation is 2. The molecule has 2 aromatic rings. The fraction of sp³-hybridized carbons (Fsp3) is 0.500. The zero-order chi connectivity index (χ0) is 22.3. The molecule has 2 N–H and O–H groups in total. The average molecular weight is 435 g/mol. The summed E-state index contributed by atoms with van der Waals surface area (Å²) < 4.78 is 26.9. The number of ether oxygens (including phenoxy) is 5. The maximum Gasteiger partial charge on any atom is 0.160 e. The minimum absolute atomic E-state index is 0.154. The predicted molar refractivity (Wildman–Crippen MR) is 118 cm³/mol. The zero-order valence-corrected chi connectivity index (χ0v) is 18.5. The lowest BCUT2D eigenvalue weighted by Gasteiger charge is -2.09. The van der Waals surface area contributed by atoms with Gasteiger partial charge < -0.3 is 33.9 Å². The van der Waals surface area contributed by atoms with Crippen molar-refractivity contribution in [3.63, 3.8) is 0 Å². The Morgan fingerprint density at radius 3 is 1.35 bits per heavy atom. The summed E-state index contributed by atoms with van der Waals surface area (Å²) in [5, 5.41) is 19.2. The van der Waals surface area contributed by atoms with E-state index in [1.165, 1.54) is 0 Å². The first-order valence-corrected chi connectivity index (χ1v) is 10.6. The Kier molecular flexibility index (Phi) is 11.6. The van der Waals surface area contributed by atoms with Crippen LogP contribution < -0.4 is 9.47 Å². The minimum atomic E-state index is 0.154. The third kappa shape index (κ3) is 9.46. The van der Waals surface area contributed by atoms with Crippen LogP contribution in [0.1, 0.15) is 24.0 Å². The van der Waals surface area contributed by atoms with Crippen LogP contribution in [0.4, 0.5) is 0 Å². The van der Waals surface area contributed by atoms with Gasteiger partial charge in [0.2, 0.25) is 0 Å². The standard InChI is InChI=1S/C24H34O7/c1-27-23-17-19(7-9-21(23)25)5-3-11-29-13-15-31-16-14-30-12-4-6-20-8-10-22(26)24(18-20)28-2/h7-10,17-18,25-26H,3-6,11-16H2,1-2H3. The molecule has 0 aromatic heterocycles. The van der Waals surface area contributed by atoms with E-state index in [0.29, 0.717) is 51.1 Å². The van der Waals surface area contributed by atoms with E-state index in [1.54, 1.807) is 26.4 Å². The van der Waals surface area contributed by atoms with Crippen LogP contribution >= 0.6 is 0 Å². The molecule has 0 aliphatic rings. The van der Waals surface area contributed by atoms with Crippen molar-refractivity contribution in [2.75, 3.05) is 53.9 Å². The van der Waals surface area contributed by atoms with Crippen molar-refractivity contribution in [2.45, 2.75) is 25.7 Å². The molecule has 2 aromatic carbocycles. The van der Waals surface area contributed by atoms with Crippen LogP contribution in [0.3, 0.4) is 0 Å². The Labute approximate surface area is 184 Å². The zero-order valence-electron chi connectivity index (χ0n) is 18.5. The highest BCUT2D eigenvalue weighted by Crippen LogP contribution is 2.27. The van der Waals surface area contributed by atoms with Gasteiger partial charge in [-0.15, -0.1) is 0 Å². The Hall–Kier alpha value is -2.48. The molecule has 0 radical (unpaired) electrons. The maximum atomic E-state index is 9.60. The molecule has 7 heteroatoms. The number of phenolic OH excluding ortho intramolecular Hbond substituents is 2. The van der Waals surface area contributed by atoms with Crippen LogP contribution in [0, 0.1) is 0 Å². The maximum absolute atomic E-state index is 9.60. The lowest BCUT2D eigenvalue weighted by atomic mass is 10.1. The number of benzene rings is 2. The van der Waals surface area contributed by atoms with E-state index in [0.717, 1.165) is 36.8 Å². The Morgan fingerprint density at radius 2 is 0.968 bits per heavy atom. The summed E-state index contributed by atoms with van der Waals surface area (Å²) in [5.74, 6) is 1.30. The smallest absolute Gasteiger partial charge is 0.160 e. The molecule has 0 saturated carbocycles. The van der Waals surface area contributed by atoms with E-state index >= 15 is 0 Å². The summed E-state index contributed by atoms with van der Waals surface area (Å²) in [6.07, 6.45) is 3.51. The number of aromatic hydroxyl groups is 2. The summed E-state index contributed by atoms with van der Waals surface area (Å²) in [4.78, 5) is 0. The topological polar surface area (TPSA) is 86.6 Å². The highest BCUT2D eigenvalue weighted by Gasteiger charge is 2.03. The van der Waals surface area contributed by atoms with Gasteiger partial charge in [-0.2, -0.15) is 0 Å². The molecule has 0 aliphatic carbocycles. The molecule has 0 amide bonds. The second-order valence-electron chi connectivity index (χ2n) is 7.06. The summed E-state index contributed by atoms with van der Waals surface area (Å²) in [5.41, 5.74) is 2.22. The van der Waals surface area contributed by atoms with Gasteiger partial charge in [-0.05, 0) is 61.1 Å². The molecule has 31 heavy (non-hydrogen) atoms. The van der Waals surface area contributed by atoms with E-state index in [-0.39, 0.29) is 11.5 Å². The molecule has 0 saturated heterocycles. The van der Waals surface area contributed by atoms with Gasteiger partial charge in [0.1, 0.15) is 0 Å². The Bertz CT molecular complexity index is 700.